The summed E-state index contributed by atoms with van der Waals surface area (Å²) in [6.45, 7) is 3.45. The highest BCUT2D eigenvalue weighted by Crippen LogP contribution is 2.29. The average molecular weight is 404 g/mol. The third-order valence-electron chi connectivity index (χ3n) is 2.56. The number of nitrogens with one attached hydrogen (secondary N) is 1. The minimum absolute atomic E-state index is 0.153. The van der Waals surface area contributed by atoms with E-state index in [0.29, 0.717) is 16.9 Å². The maximum atomic E-state index is 13.8. The first-order valence-electron chi connectivity index (χ1n) is 6.08. The second kappa shape index (κ2) is 7.15. The molecule has 1 aromatic heterocycles. The number of nitrogens with zero attached hydrogens (tertiary/aromatic N) is 1. The molecule has 0 radical (unpaired) electrons. The molecular formula is C14H13Br2FN2O. The molecule has 0 aliphatic heterocycles. The smallest absolute Gasteiger partial charge is 0.223 e. The normalized spacial score (nSPS) is 10.6. The number of benzene rings is 1. The topological polar surface area (TPSA) is 34.2 Å². The average Bonchev–Trinajstić information content (AvgIpc) is 2.41. The van der Waals surface area contributed by atoms with Crippen LogP contribution in [0.3, 0.4) is 0 Å². The first kappa shape index (κ1) is 15.4. The van der Waals surface area contributed by atoms with Crippen LogP contribution < -0.4 is 10.1 Å². The Labute approximate surface area is 133 Å². The molecule has 0 amide bonds. The van der Waals surface area contributed by atoms with Gasteiger partial charge in [-0.1, -0.05) is 22.9 Å². The van der Waals surface area contributed by atoms with Gasteiger partial charge < -0.3 is 10.1 Å². The molecule has 0 atom stereocenters. The van der Waals surface area contributed by atoms with Crippen molar-refractivity contribution in [2.75, 3.05) is 6.54 Å². The van der Waals surface area contributed by atoms with Crippen molar-refractivity contribution in [1.29, 1.82) is 0 Å². The molecule has 0 aliphatic carbocycles. The van der Waals surface area contributed by atoms with Crippen molar-refractivity contribution in [2.24, 2.45) is 0 Å². The van der Waals surface area contributed by atoms with Gasteiger partial charge in [0.15, 0.2) is 11.6 Å². The van der Waals surface area contributed by atoms with Gasteiger partial charge in [-0.2, -0.15) is 0 Å². The first-order valence-corrected chi connectivity index (χ1v) is 7.66. The SMILES string of the molecule is CCNCc1cc(Br)cnc1Oc1ccc(Br)cc1F. The van der Waals surface area contributed by atoms with E-state index in [1.165, 1.54) is 6.07 Å². The van der Waals surface area contributed by atoms with Crippen LogP contribution in [0.15, 0.2) is 39.4 Å². The van der Waals surface area contributed by atoms with E-state index in [-0.39, 0.29) is 5.75 Å². The lowest BCUT2D eigenvalue weighted by atomic mass is 10.2. The molecule has 0 spiro atoms. The van der Waals surface area contributed by atoms with Crippen LogP contribution in [0, 0.1) is 5.82 Å². The lowest BCUT2D eigenvalue weighted by Gasteiger charge is -2.11. The number of aromatic nitrogens is 1. The molecule has 0 fully saturated rings. The molecule has 0 saturated heterocycles. The molecule has 1 heterocycles. The summed E-state index contributed by atoms with van der Waals surface area (Å²) in [5.41, 5.74) is 0.864. The fourth-order valence-electron chi connectivity index (χ4n) is 1.61. The van der Waals surface area contributed by atoms with E-state index in [1.54, 1.807) is 18.3 Å². The van der Waals surface area contributed by atoms with Crippen LogP contribution in [0.4, 0.5) is 4.39 Å². The van der Waals surface area contributed by atoms with E-state index in [1.807, 2.05) is 13.0 Å². The molecule has 1 N–H and O–H groups in total. The first-order chi connectivity index (χ1) is 9.60. The quantitative estimate of drug-likeness (QED) is 0.789. The molecule has 0 unspecified atom stereocenters. The highest BCUT2D eigenvalue weighted by molar-refractivity contribution is 9.10. The van der Waals surface area contributed by atoms with E-state index >= 15 is 0 Å². The largest absolute Gasteiger partial charge is 0.436 e. The van der Waals surface area contributed by atoms with Crippen LogP contribution in [0.5, 0.6) is 11.6 Å². The zero-order valence-electron chi connectivity index (χ0n) is 10.8. The Bertz CT molecular complexity index is 608. The Hall–Kier alpha value is -0.980. The van der Waals surface area contributed by atoms with E-state index in [0.717, 1.165) is 16.6 Å². The predicted octanol–water partition coefficient (Wildman–Crippen LogP) is 4.65. The monoisotopic (exact) mass is 402 g/mol. The van der Waals surface area contributed by atoms with Crippen LogP contribution in [0.1, 0.15) is 12.5 Å². The van der Waals surface area contributed by atoms with Gasteiger partial charge in [-0.25, -0.2) is 9.37 Å². The van der Waals surface area contributed by atoms with E-state index < -0.39 is 5.82 Å². The lowest BCUT2D eigenvalue weighted by molar-refractivity contribution is 0.420. The van der Waals surface area contributed by atoms with Gasteiger partial charge in [-0.05, 0) is 46.7 Å². The molecule has 2 aromatic rings. The van der Waals surface area contributed by atoms with Crippen LogP contribution in [0.2, 0.25) is 0 Å². The zero-order valence-corrected chi connectivity index (χ0v) is 14.0. The van der Waals surface area contributed by atoms with E-state index in [2.05, 4.69) is 42.2 Å². The van der Waals surface area contributed by atoms with Crippen molar-refractivity contribution in [2.45, 2.75) is 13.5 Å². The van der Waals surface area contributed by atoms with Crippen molar-refractivity contribution >= 4 is 31.9 Å². The molecule has 0 bridgehead atoms. The Morgan fingerprint density at radius 3 is 2.75 bits per heavy atom. The third kappa shape index (κ3) is 4.01. The molecule has 3 nitrogen and oxygen atoms in total. The second-order valence-corrected chi connectivity index (χ2v) is 5.91. The van der Waals surface area contributed by atoms with Crippen molar-refractivity contribution in [3.63, 3.8) is 0 Å². The molecule has 2 rings (SSSR count). The van der Waals surface area contributed by atoms with Gasteiger partial charge in [-0.15, -0.1) is 0 Å². The van der Waals surface area contributed by atoms with Crippen LogP contribution in [0.25, 0.3) is 0 Å². The summed E-state index contributed by atoms with van der Waals surface area (Å²) in [4.78, 5) is 4.20. The molecule has 6 heteroatoms. The number of pyridine rings is 1. The minimum atomic E-state index is -0.432. The summed E-state index contributed by atoms with van der Waals surface area (Å²) >= 11 is 6.58. The van der Waals surface area contributed by atoms with Crippen LogP contribution in [-0.2, 0) is 6.54 Å². The van der Waals surface area contributed by atoms with E-state index in [4.69, 9.17) is 4.74 Å². The predicted molar refractivity (Wildman–Crippen MR) is 83.5 cm³/mol. The summed E-state index contributed by atoms with van der Waals surface area (Å²) in [5.74, 6) is 0.120. The van der Waals surface area contributed by atoms with Crippen molar-refractivity contribution < 1.29 is 9.13 Å². The van der Waals surface area contributed by atoms with Gasteiger partial charge in [0.05, 0.1) is 0 Å². The highest BCUT2D eigenvalue weighted by atomic mass is 79.9. The fraction of sp³-hybridized carbons (Fsp3) is 0.214. The second-order valence-electron chi connectivity index (χ2n) is 4.07. The number of rotatable bonds is 5. The maximum Gasteiger partial charge on any atom is 0.223 e. The van der Waals surface area contributed by atoms with Crippen LogP contribution in [-0.4, -0.2) is 11.5 Å². The molecule has 106 valence electrons. The zero-order chi connectivity index (χ0) is 14.5. The molecule has 0 saturated carbocycles. The number of ether oxygens (including phenoxy) is 1. The maximum absolute atomic E-state index is 13.8. The van der Waals surface area contributed by atoms with Crippen LogP contribution >= 0.6 is 31.9 Å². The highest BCUT2D eigenvalue weighted by Gasteiger charge is 2.11. The Morgan fingerprint density at radius 2 is 2.05 bits per heavy atom. The number of halogens is 3. The Kier molecular flexibility index (Phi) is 5.51. The number of hydrogen-bond acceptors (Lipinski definition) is 3. The molecular weight excluding hydrogens is 391 g/mol. The Morgan fingerprint density at radius 1 is 1.25 bits per heavy atom. The van der Waals surface area contributed by atoms with Gasteiger partial charge in [0.1, 0.15) is 0 Å². The third-order valence-corrected chi connectivity index (χ3v) is 3.48. The minimum Gasteiger partial charge on any atom is -0.436 e. The molecule has 1 aromatic carbocycles. The van der Waals surface area contributed by atoms with Gasteiger partial charge in [0.2, 0.25) is 5.88 Å². The summed E-state index contributed by atoms with van der Waals surface area (Å²) < 4.78 is 20.9. The lowest BCUT2D eigenvalue weighted by Crippen LogP contribution is -2.13. The Balaban J connectivity index is 2.27. The van der Waals surface area contributed by atoms with Crippen molar-refractivity contribution in [3.8, 4) is 11.6 Å². The van der Waals surface area contributed by atoms with Gasteiger partial charge >= 0.3 is 0 Å². The van der Waals surface area contributed by atoms with Crippen molar-refractivity contribution in [3.05, 3.63) is 50.8 Å². The summed E-state index contributed by atoms with van der Waals surface area (Å²) in [7, 11) is 0. The summed E-state index contributed by atoms with van der Waals surface area (Å²) in [6.07, 6.45) is 1.63. The van der Waals surface area contributed by atoms with Gasteiger partial charge in [0.25, 0.3) is 0 Å². The summed E-state index contributed by atoms with van der Waals surface area (Å²) in [5, 5.41) is 3.20. The molecule has 0 aliphatic rings. The standard InChI is InChI=1S/C14H13Br2FN2O/c1-2-18-7-9-5-11(16)8-19-14(9)20-13-4-3-10(15)6-12(13)17/h3-6,8,18H,2,7H2,1H3. The van der Waals surface area contributed by atoms with Gasteiger partial charge in [-0.3, -0.25) is 0 Å². The molecule has 20 heavy (non-hydrogen) atoms. The fourth-order valence-corrected chi connectivity index (χ4v) is 2.32. The summed E-state index contributed by atoms with van der Waals surface area (Å²) in [6, 6.07) is 6.56. The number of hydrogen-bond donors (Lipinski definition) is 1. The van der Waals surface area contributed by atoms with Crippen molar-refractivity contribution in [1.82, 2.24) is 10.3 Å². The van der Waals surface area contributed by atoms with Gasteiger partial charge in [0, 0.05) is 27.3 Å². The van der Waals surface area contributed by atoms with E-state index in [9.17, 15) is 4.39 Å².